The van der Waals surface area contributed by atoms with Gasteiger partial charge in [0.05, 0.1) is 0 Å². The van der Waals surface area contributed by atoms with Crippen LogP contribution in [-0.2, 0) is 0 Å². The Labute approximate surface area is 93.8 Å². The zero-order chi connectivity index (χ0) is 10.6. The van der Waals surface area contributed by atoms with Gasteiger partial charge in [-0.1, -0.05) is 13.8 Å². The maximum absolute atomic E-state index is 6.44. The molecule has 1 atom stereocenters. The second-order valence-corrected chi connectivity index (χ2v) is 6.83. The van der Waals surface area contributed by atoms with Gasteiger partial charge in [0.2, 0.25) is 0 Å². The van der Waals surface area contributed by atoms with Crippen LogP contribution in [0.15, 0.2) is 0 Å². The highest BCUT2D eigenvalue weighted by molar-refractivity contribution is 5.01. The first kappa shape index (κ1) is 10.1. The van der Waals surface area contributed by atoms with E-state index in [1.165, 1.54) is 25.7 Å². The summed E-state index contributed by atoms with van der Waals surface area (Å²) >= 11 is 0. The fraction of sp³-hybridized carbons (Fsp3) is 1.00. The second-order valence-electron chi connectivity index (χ2n) is 6.83. The average Bonchev–Trinajstić information content (AvgIpc) is 2.15. The normalized spacial score (nSPS) is 50.0. The van der Waals surface area contributed by atoms with Gasteiger partial charge in [-0.05, 0) is 67.6 Å². The molecule has 0 heterocycles. The van der Waals surface area contributed by atoms with Crippen LogP contribution in [0.5, 0.6) is 0 Å². The van der Waals surface area contributed by atoms with Crippen LogP contribution < -0.4 is 5.73 Å². The standard InChI is InChI=1S/C14H25N/c1-8(2)14(15)13-11-4-9-3-10(6-11)7-12(13)5-9/h8-14H,3-7,15H2,1-2H3. The lowest BCUT2D eigenvalue weighted by atomic mass is 9.50. The van der Waals surface area contributed by atoms with E-state index in [1.54, 1.807) is 6.42 Å². The van der Waals surface area contributed by atoms with Gasteiger partial charge in [0, 0.05) is 6.04 Å². The van der Waals surface area contributed by atoms with Crippen molar-refractivity contribution in [1.29, 1.82) is 0 Å². The van der Waals surface area contributed by atoms with Gasteiger partial charge in [-0.25, -0.2) is 0 Å². The molecule has 0 aromatic rings. The van der Waals surface area contributed by atoms with Gasteiger partial charge < -0.3 is 5.73 Å². The summed E-state index contributed by atoms with van der Waals surface area (Å²) in [6.45, 7) is 4.60. The Morgan fingerprint density at radius 3 is 1.73 bits per heavy atom. The molecule has 0 radical (unpaired) electrons. The molecular weight excluding hydrogens is 182 g/mol. The first-order valence-corrected chi connectivity index (χ1v) is 6.90. The zero-order valence-electron chi connectivity index (χ0n) is 10.2. The van der Waals surface area contributed by atoms with Crippen molar-refractivity contribution < 1.29 is 0 Å². The molecular formula is C14H25N. The second kappa shape index (κ2) is 3.48. The van der Waals surface area contributed by atoms with E-state index in [4.69, 9.17) is 5.73 Å². The molecule has 15 heavy (non-hydrogen) atoms. The highest BCUT2D eigenvalue weighted by atomic mass is 14.7. The van der Waals surface area contributed by atoms with Crippen molar-refractivity contribution in [3.63, 3.8) is 0 Å². The number of hydrogen-bond acceptors (Lipinski definition) is 1. The summed E-state index contributed by atoms with van der Waals surface area (Å²) < 4.78 is 0. The Kier molecular flexibility index (Phi) is 2.35. The van der Waals surface area contributed by atoms with Gasteiger partial charge in [0.15, 0.2) is 0 Å². The molecule has 4 rings (SSSR count). The van der Waals surface area contributed by atoms with Crippen LogP contribution in [0.1, 0.15) is 46.0 Å². The molecule has 86 valence electrons. The van der Waals surface area contributed by atoms with Crippen molar-refractivity contribution in [2.45, 2.75) is 52.0 Å². The Morgan fingerprint density at radius 1 is 0.867 bits per heavy atom. The molecule has 1 heteroatoms. The maximum atomic E-state index is 6.44. The molecule has 4 aliphatic carbocycles. The average molecular weight is 207 g/mol. The first-order valence-electron chi connectivity index (χ1n) is 6.90. The van der Waals surface area contributed by atoms with Gasteiger partial charge >= 0.3 is 0 Å². The first-order chi connectivity index (χ1) is 7.15. The zero-order valence-corrected chi connectivity index (χ0v) is 10.2. The lowest BCUT2D eigenvalue weighted by Gasteiger charge is -2.56. The summed E-state index contributed by atoms with van der Waals surface area (Å²) in [6, 6.07) is 0.472. The van der Waals surface area contributed by atoms with Gasteiger partial charge in [-0.15, -0.1) is 0 Å². The molecule has 1 unspecified atom stereocenters. The largest absolute Gasteiger partial charge is 0.327 e. The predicted molar refractivity (Wildman–Crippen MR) is 63.3 cm³/mol. The van der Waals surface area contributed by atoms with Crippen LogP contribution in [0.25, 0.3) is 0 Å². The Hall–Kier alpha value is -0.0400. The summed E-state index contributed by atoms with van der Waals surface area (Å²) in [7, 11) is 0. The number of rotatable bonds is 2. The highest BCUT2D eigenvalue weighted by Gasteiger charge is 2.50. The van der Waals surface area contributed by atoms with Crippen LogP contribution in [0.3, 0.4) is 0 Å². The predicted octanol–water partition coefficient (Wildman–Crippen LogP) is 3.04. The van der Waals surface area contributed by atoms with Crippen LogP contribution >= 0.6 is 0 Å². The molecule has 4 fully saturated rings. The van der Waals surface area contributed by atoms with Crippen LogP contribution in [0.2, 0.25) is 0 Å². The molecule has 1 nitrogen and oxygen atoms in total. The molecule has 2 N–H and O–H groups in total. The van der Waals surface area contributed by atoms with Crippen molar-refractivity contribution in [3.8, 4) is 0 Å². The van der Waals surface area contributed by atoms with E-state index in [0.29, 0.717) is 12.0 Å². The van der Waals surface area contributed by atoms with Crippen LogP contribution in [0, 0.1) is 35.5 Å². The van der Waals surface area contributed by atoms with Crippen molar-refractivity contribution in [1.82, 2.24) is 0 Å². The Balaban J connectivity index is 1.80. The molecule has 0 aliphatic heterocycles. The molecule has 0 saturated heterocycles. The lowest BCUT2D eigenvalue weighted by molar-refractivity contribution is -0.0523. The summed E-state index contributed by atoms with van der Waals surface area (Å²) in [5.41, 5.74) is 6.44. The molecule has 4 saturated carbocycles. The van der Waals surface area contributed by atoms with Crippen LogP contribution in [-0.4, -0.2) is 6.04 Å². The van der Waals surface area contributed by atoms with E-state index in [1.807, 2.05) is 0 Å². The van der Waals surface area contributed by atoms with Gasteiger partial charge in [-0.2, -0.15) is 0 Å². The van der Waals surface area contributed by atoms with E-state index in [9.17, 15) is 0 Å². The molecule has 4 bridgehead atoms. The summed E-state index contributed by atoms with van der Waals surface area (Å²) in [4.78, 5) is 0. The highest BCUT2D eigenvalue weighted by Crippen LogP contribution is 2.57. The Bertz CT molecular complexity index is 218. The van der Waals surface area contributed by atoms with E-state index in [-0.39, 0.29) is 0 Å². The third-order valence-electron chi connectivity index (χ3n) is 5.51. The quantitative estimate of drug-likeness (QED) is 0.740. The van der Waals surface area contributed by atoms with E-state index in [0.717, 1.165) is 29.6 Å². The minimum absolute atomic E-state index is 0.472. The van der Waals surface area contributed by atoms with Crippen molar-refractivity contribution >= 4 is 0 Å². The van der Waals surface area contributed by atoms with Crippen LogP contribution in [0.4, 0.5) is 0 Å². The smallest absolute Gasteiger partial charge is 0.00956 e. The lowest BCUT2D eigenvalue weighted by Crippen LogP contribution is -2.53. The number of nitrogens with two attached hydrogens (primary N) is 1. The van der Waals surface area contributed by atoms with Gasteiger partial charge in [0.1, 0.15) is 0 Å². The third-order valence-corrected chi connectivity index (χ3v) is 5.51. The fourth-order valence-corrected chi connectivity index (χ4v) is 5.04. The minimum atomic E-state index is 0.472. The topological polar surface area (TPSA) is 26.0 Å². The molecule has 0 aromatic heterocycles. The minimum Gasteiger partial charge on any atom is -0.327 e. The van der Waals surface area contributed by atoms with E-state index >= 15 is 0 Å². The Morgan fingerprint density at radius 2 is 1.33 bits per heavy atom. The fourth-order valence-electron chi connectivity index (χ4n) is 5.04. The molecule has 0 spiro atoms. The van der Waals surface area contributed by atoms with E-state index in [2.05, 4.69) is 13.8 Å². The monoisotopic (exact) mass is 207 g/mol. The maximum Gasteiger partial charge on any atom is 0.00956 e. The molecule has 0 amide bonds. The van der Waals surface area contributed by atoms with Crippen molar-refractivity contribution in [2.24, 2.45) is 41.2 Å². The summed E-state index contributed by atoms with van der Waals surface area (Å²) in [5, 5.41) is 0. The third kappa shape index (κ3) is 1.54. The number of hydrogen-bond donors (Lipinski definition) is 1. The molecule has 0 aromatic carbocycles. The molecule has 4 aliphatic rings. The summed E-state index contributed by atoms with van der Waals surface area (Å²) in [5.74, 6) is 5.72. The van der Waals surface area contributed by atoms with E-state index < -0.39 is 0 Å². The SMILES string of the molecule is CC(C)C(N)C1C2CC3CC(C2)CC1C3. The van der Waals surface area contributed by atoms with Gasteiger partial charge in [-0.3, -0.25) is 0 Å². The van der Waals surface area contributed by atoms with Gasteiger partial charge in [0.25, 0.3) is 0 Å². The van der Waals surface area contributed by atoms with Crippen molar-refractivity contribution in [3.05, 3.63) is 0 Å². The summed E-state index contributed by atoms with van der Waals surface area (Å²) in [6.07, 6.45) is 7.60. The van der Waals surface area contributed by atoms with Crippen molar-refractivity contribution in [2.75, 3.05) is 0 Å².